The molecule has 0 fully saturated rings. The number of hydrogen-bond acceptors (Lipinski definition) is 6. The number of carbonyl (C=O) groups is 1. The molecular weight excluding hydrogens is 488 g/mol. The minimum atomic E-state index is -0.451. The van der Waals surface area contributed by atoms with Crippen molar-refractivity contribution in [3.63, 3.8) is 0 Å². The Bertz CT molecular complexity index is 1150. The van der Waals surface area contributed by atoms with Crippen LogP contribution in [-0.2, 0) is 15.3 Å². The molecule has 0 aliphatic carbocycles. The lowest BCUT2D eigenvalue weighted by atomic mass is 9.96. The SMILES string of the molecule is COC(=O)C1=C(C)Nc2nc(SCc3ccccc3Cl)nn2C1c1cccc(Br)c1. The standard InChI is InChI=1S/C21H18BrClN4O2S/c1-12-17(19(28)29-2)18(13-7-5-8-15(22)10-13)27-20(24-12)25-21(26-27)30-11-14-6-3-4-9-16(14)23/h3-10,18H,11H2,1-2H3,(H,24,25,26). The van der Waals surface area contributed by atoms with E-state index in [1.165, 1.54) is 18.9 Å². The Morgan fingerprint density at radius 3 is 2.83 bits per heavy atom. The van der Waals surface area contributed by atoms with E-state index < -0.39 is 12.0 Å². The molecule has 0 saturated carbocycles. The number of allylic oxidation sites excluding steroid dienone is 1. The lowest BCUT2D eigenvalue weighted by Gasteiger charge is -2.27. The van der Waals surface area contributed by atoms with E-state index in [1.807, 2.05) is 55.5 Å². The number of thioether (sulfide) groups is 1. The van der Waals surface area contributed by atoms with Crippen LogP contribution in [0.25, 0.3) is 0 Å². The molecular formula is C21H18BrClN4O2S. The number of nitrogens with zero attached hydrogens (tertiary/aromatic N) is 3. The third-order valence-electron chi connectivity index (χ3n) is 4.72. The summed E-state index contributed by atoms with van der Waals surface area (Å²) in [6, 6.07) is 15.0. The average molecular weight is 506 g/mol. The smallest absolute Gasteiger partial charge is 0.338 e. The van der Waals surface area contributed by atoms with Gasteiger partial charge in [0.2, 0.25) is 11.1 Å². The van der Waals surface area contributed by atoms with E-state index in [2.05, 4.69) is 26.2 Å². The molecule has 6 nitrogen and oxygen atoms in total. The Kier molecular flexibility index (Phi) is 6.17. The number of anilines is 1. The summed E-state index contributed by atoms with van der Waals surface area (Å²) in [6.07, 6.45) is 0. The summed E-state index contributed by atoms with van der Waals surface area (Å²) in [6.45, 7) is 1.84. The summed E-state index contributed by atoms with van der Waals surface area (Å²) in [5.74, 6) is 0.809. The van der Waals surface area contributed by atoms with Gasteiger partial charge in [-0.1, -0.05) is 69.6 Å². The number of aromatic nitrogens is 3. The fourth-order valence-corrected chi connectivity index (χ4v) is 4.84. The maximum Gasteiger partial charge on any atom is 0.338 e. The molecule has 1 atom stereocenters. The Morgan fingerprint density at radius 1 is 1.30 bits per heavy atom. The molecule has 1 aliphatic rings. The maximum atomic E-state index is 12.6. The van der Waals surface area contributed by atoms with Gasteiger partial charge < -0.3 is 10.1 Å². The van der Waals surface area contributed by atoms with Crippen LogP contribution in [0.3, 0.4) is 0 Å². The van der Waals surface area contributed by atoms with Gasteiger partial charge in [-0.2, -0.15) is 4.98 Å². The number of esters is 1. The third kappa shape index (κ3) is 4.12. The number of fused-ring (bicyclic) bond motifs is 1. The lowest BCUT2D eigenvalue weighted by molar-refractivity contribution is -0.136. The molecule has 1 aliphatic heterocycles. The maximum absolute atomic E-state index is 12.6. The molecule has 9 heteroatoms. The van der Waals surface area contributed by atoms with E-state index in [0.29, 0.717) is 33.2 Å². The largest absolute Gasteiger partial charge is 0.466 e. The van der Waals surface area contributed by atoms with Gasteiger partial charge in [-0.25, -0.2) is 9.48 Å². The molecule has 4 rings (SSSR count). The van der Waals surface area contributed by atoms with Gasteiger partial charge in [0.15, 0.2) is 0 Å². The van der Waals surface area contributed by atoms with Crippen LogP contribution in [0, 0.1) is 0 Å². The fraction of sp³-hybridized carbons (Fsp3) is 0.190. The van der Waals surface area contributed by atoms with Crippen LogP contribution in [0.15, 0.2) is 69.4 Å². The van der Waals surface area contributed by atoms with Crippen molar-refractivity contribution in [1.29, 1.82) is 0 Å². The first-order valence-electron chi connectivity index (χ1n) is 9.12. The molecule has 0 saturated heterocycles. The highest BCUT2D eigenvalue weighted by Crippen LogP contribution is 2.37. The van der Waals surface area contributed by atoms with Crippen LogP contribution in [0.5, 0.6) is 0 Å². The van der Waals surface area contributed by atoms with Crippen LogP contribution < -0.4 is 5.32 Å². The monoisotopic (exact) mass is 504 g/mol. The Labute approximate surface area is 191 Å². The van der Waals surface area contributed by atoms with Crippen molar-refractivity contribution in [1.82, 2.24) is 14.8 Å². The first-order valence-corrected chi connectivity index (χ1v) is 11.3. The number of methoxy groups -OCH3 is 1. The van der Waals surface area contributed by atoms with Crippen molar-refractivity contribution in [2.45, 2.75) is 23.9 Å². The topological polar surface area (TPSA) is 69.0 Å². The van der Waals surface area contributed by atoms with Gasteiger partial charge in [0.1, 0.15) is 6.04 Å². The van der Waals surface area contributed by atoms with Crippen LogP contribution in [-0.4, -0.2) is 27.8 Å². The highest BCUT2D eigenvalue weighted by Gasteiger charge is 2.35. The van der Waals surface area contributed by atoms with E-state index in [-0.39, 0.29) is 0 Å². The molecule has 0 amide bonds. The summed E-state index contributed by atoms with van der Waals surface area (Å²) in [7, 11) is 1.38. The van der Waals surface area contributed by atoms with Gasteiger partial charge in [0.25, 0.3) is 0 Å². The zero-order chi connectivity index (χ0) is 21.3. The highest BCUT2D eigenvalue weighted by molar-refractivity contribution is 9.10. The van der Waals surface area contributed by atoms with Crippen molar-refractivity contribution < 1.29 is 9.53 Å². The van der Waals surface area contributed by atoms with Gasteiger partial charge >= 0.3 is 5.97 Å². The summed E-state index contributed by atoms with van der Waals surface area (Å²) < 4.78 is 7.70. The van der Waals surface area contributed by atoms with Crippen LogP contribution in [0.1, 0.15) is 24.1 Å². The van der Waals surface area contributed by atoms with Gasteiger partial charge in [0, 0.05) is 20.9 Å². The molecule has 3 aromatic rings. The zero-order valence-corrected chi connectivity index (χ0v) is 19.4. The number of rotatable bonds is 5. The predicted molar refractivity (Wildman–Crippen MR) is 122 cm³/mol. The van der Waals surface area contributed by atoms with Gasteiger partial charge in [0.05, 0.1) is 12.7 Å². The predicted octanol–water partition coefficient (Wildman–Crippen LogP) is 5.45. The molecule has 0 radical (unpaired) electrons. The van der Waals surface area contributed by atoms with Gasteiger partial charge in [-0.15, -0.1) is 5.10 Å². The Hall–Kier alpha value is -2.29. The number of nitrogens with one attached hydrogen (secondary N) is 1. The summed E-state index contributed by atoms with van der Waals surface area (Å²) >= 11 is 11.3. The number of ether oxygens (including phenoxy) is 1. The van der Waals surface area contributed by atoms with Gasteiger partial charge in [-0.3, -0.25) is 0 Å². The molecule has 0 spiro atoms. The van der Waals surface area contributed by atoms with Crippen LogP contribution in [0.4, 0.5) is 5.95 Å². The molecule has 1 N–H and O–H groups in total. The van der Waals surface area contributed by atoms with E-state index in [4.69, 9.17) is 21.4 Å². The number of benzene rings is 2. The third-order valence-corrected chi connectivity index (χ3v) is 6.47. The fourth-order valence-electron chi connectivity index (χ4n) is 3.31. The number of halogens is 2. The van der Waals surface area contributed by atoms with Crippen molar-refractivity contribution in [2.75, 3.05) is 12.4 Å². The van der Waals surface area contributed by atoms with E-state index in [1.54, 1.807) is 4.68 Å². The second kappa shape index (κ2) is 8.83. The normalized spacial score (nSPS) is 15.5. The summed E-state index contributed by atoms with van der Waals surface area (Å²) in [4.78, 5) is 17.2. The molecule has 1 unspecified atom stereocenters. The minimum Gasteiger partial charge on any atom is -0.466 e. The Balaban J connectivity index is 1.71. The van der Waals surface area contributed by atoms with E-state index in [0.717, 1.165) is 15.6 Å². The van der Waals surface area contributed by atoms with E-state index in [9.17, 15) is 4.79 Å². The average Bonchev–Trinajstić information content (AvgIpc) is 3.14. The molecule has 154 valence electrons. The quantitative estimate of drug-likeness (QED) is 0.367. The second-order valence-electron chi connectivity index (χ2n) is 6.66. The molecule has 0 bridgehead atoms. The number of carbonyl (C=O) groups excluding carboxylic acids is 1. The molecule has 30 heavy (non-hydrogen) atoms. The second-order valence-corrected chi connectivity index (χ2v) is 8.92. The molecule has 2 aromatic carbocycles. The Morgan fingerprint density at radius 2 is 2.10 bits per heavy atom. The summed E-state index contributed by atoms with van der Waals surface area (Å²) in [5, 5.41) is 9.18. The molecule has 1 aromatic heterocycles. The van der Waals surface area contributed by atoms with Crippen molar-refractivity contribution in [3.8, 4) is 0 Å². The zero-order valence-electron chi connectivity index (χ0n) is 16.2. The highest BCUT2D eigenvalue weighted by atomic mass is 79.9. The first kappa shape index (κ1) is 21.0. The van der Waals surface area contributed by atoms with E-state index >= 15 is 0 Å². The lowest BCUT2D eigenvalue weighted by Crippen LogP contribution is -2.29. The van der Waals surface area contributed by atoms with Crippen molar-refractivity contribution in [2.24, 2.45) is 0 Å². The van der Waals surface area contributed by atoms with Gasteiger partial charge in [-0.05, 0) is 36.2 Å². The first-order chi connectivity index (χ1) is 14.5. The van der Waals surface area contributed by atoms with Crippen molar-refractivity contribution >= 4 is 51.2 Å². The minimum absolute atomic E-state index is 0.406. The summed E-state index contributed by atoms with van der Waals surface area (Å²) in [5.41, 5.74) is 3.10. The van der Waals surface area contributed by atoms with Crippen molar-refractivity contribution in [3.05, 3.63) is 80.4 Å². The van der Waals surface area contributed by atoms with Crippen LogP contribution >= 0.6 is 39.3 Å². The number of hydrogen-bond donors (Lipinski definition) is 1. The molecule has 2 heterocycles. The van der Waals surface area contributed by atoms with Crippen LogP contribution in [0.2, 0.25) is 5.02 Å².